The summed E-state index contributed by atoms with van der Waals surface area (Å²) in [4.78, 5) is 67.5. The number of benzene rings is 2. The first-order valence-corrected chi connectivity index (χ1v) is 12.4. The lowest BCUT2D eigenvalue weighted by atomic mass is 9.90. The number of halogens is 4. The van der Waals surface area contributed by atoms with Crippen molar-refractivity contribution >= 4 is 23.6 Å². The van der Waals surface area contributed by atoms with Gasteiger partial charge in [0, 0.05) is 30.8 Å². The van der Waals surface area contributed by atoms with Crippen molar-refractivity contribution in [3.05, 3.63) is 93.7 Å². The van der Waals surface area contributed by atoms with Gasteiger partial charge in [-0.3, -0.25) is 24.1 Å². The standard InChI is InChI=1S/C28H22F4N4O5/c1-15(28(30,31)32)35(13-16-2-6-19(29)7-3-16)24(39)14-36-25(40)27(34-26(36)41)11-22(37)20-10-17(4-8-21(20)27)18-5-9-23(38)33-12-18/h2-10,12,15H,11,13-14H2,1H3,(H,33,38)(H,34,41)/t15-,27?/m0/s1. The lowest BCUT2D eigenvalue weighted by molar-refractivity contribution is -0.187. The molecule has 5 rings (SSSR count). The molecule has 2 atom stereocenters. The van der Waals surface area contributed by atoms with E-state index < -0.39 is 66.7 Å². The number of amides is 4. The van der Waals surface area contributed by atoms with Gasteiger partial charge in [0.05, 0.1) is 0 Å². The molecule has 1 aromatic heterocycles. The number of aromatic nitrogens is 1. The zero-order chi connectivity index (χ0) is 29.7. The topological polar surface area (TPSA) is 120 Å². The van der Waals surface area contributed by atoms with Gasteiger partial charge in [0.1, 0.15) is 18.4 Å². The molecule has 0 radical (unpaired) electrons. The van der Waals surface area contributed by atoms with Crippen LogP contribution < -0.4 is 10.9 Å². The van der Waals surface area contributed by atoms with Gasteiger partial charge in [-0.2, -0.15) is 13.2 Å². The maximum absolute atomic E-state index is 13.6. The number of ketones is 1. The second-order valence-corrected chi connectivity index (χ2v) is 9.89. The number of hydrogen-bond acceptors (Lipinski definition) is 5. The maximum atomic E-state index is 13.6. The van der Waals surface area contributed by atoms with Crippen molar-refractivity contribution in [2.24, 2.45) is 0 Å². The predicted octanol–water partition coefficient (Wildman–Crippen LogP) is 3.49. The number of nitrogens with zero attached hydrogens (tertiary/aromatic N) is 2. The number of urea groups is 1. The number of H-pyrrole nitrogens is 1. The Morgan fingerprint density at radius 2 is 1.71 bits per heavy atom. The van der Waals surface area contributed by atoms with Gasteiger partial charge in [-0.25, -0.2) is 9.18 Å². The monoisotopic (exact) mass is 570 g/mol. The molecule has 2 aliphatic rings. The Kier molecular flexibility index (Phi) is 6.76. The molecule has 1 aliphatic carbocycles. The number of carbonyl (C=O) groups is 4. The number of aromatic amines is 1. The maximum Gasteiger partial charge on any atom is 0.408 e. The second kappa shape index (κ2) is 9.98. The Bertz CT molecular complexity index is 1620. The minimum Gasteiger partial charge on any atom is -0.328 e. The van der Waals surface area contributed by atoms with Crippen LogP contribution in [0.1, 0.15) is 34.8 Å². The van der Waals surface area contributed by atoms with Crippen molar-refractivity contribution in [3.8, 4) is 11.1 Å². The largest absolute Gasteiger partial charge is 0.408 e. The second-order valence-electron chi connectivity index (χ2n) is 9.89. The van der Waals surface area contributed by atoms with E-state index in [1.807, 2.05) is 0 Å². The molecule has 3 aromatic rings. The summed E-state index contributed by atoms with van der Waals surface area (Å²) in [5.74, 6) is -3.19. The van der Waals surface area contributed by atoms with Gasteiger partial charge in [-0.05, 0) is 53.4 Å². The summed E-state index contributed by atoms with van der Waals surface area (Å²) in [6.07, 6.45) is -3.81. The number of alkyl halides is 3. The fourth-order valence-corrected chi connectivity index (χ4v) is 5.05. The first kappa shape index (κ1) is 27.7. The van der Waals surface area contributed by atoms with Crippen molar-refractivity contribution in [2.45, 2.75) is 37.6 Å². The van der Waals surface area contributed by atoms with Crippen LogP contribution in [0.25, 0.3) is 11.1 Å². The van der Waals surface area contributed by atoms with Gasteiger partial charge in [-0.1, -0.05) is 24.3 Å². The lowest BCUT2D eigenvalue weighted by Crippen LogP contribution is -2.51. The molecule has 2 heterocycles. The molecule has 1 aliphatic heterocycles. The normalized spacial score (nSPS) is 19.0. The van der Waals surface area contributed by atoms with Crippen LogP contribution in [0.15, 0.2) is 65.6 Å². The average molecular weight is 570 g/mol. The van der Waals surface area contributed by atoms with Gasteiger partial charge in [0.25, 0.3) is 5.91 Å². The van der Waals surface area contributed by atoms with E-state index in [4.69, 9.17) is 0 Å². The summed E-state index contributed by atoms with van der Waals surface area (Å²) in [5.41, 5.74) is -0.431. The number of Topliss-reactive ketones (excluding diaryl/α,β-unsaturated/α-hetero) is 1. The molecule has 212 valence electrons. The van der Waals surface area contributed by atoms with Crippen molar-refractivity contribution in [2.75, 3.05) is 6.54 Å². The van der Waals surface area contributed by atoms with Crippen molar-refractivity contribution < 1.29 is 36.7 Å². The lowest BCUT2D eigenvalue weighted by Gasteiger charge is -2.32. The van der Waals surface area contributed by atoms with Gasteiger partial charge in [-0.15, -0.1) is 0 Å². The van der Waals surface area contributed by atoms with Crippen LogP contribution in [0.3, 0.4) is 0 Å². The summed E-state index contributed by atoms with van der Waals surface area (Å²) < 4.78 is 54.2. The highest BCUT2D eigenvalue weighted by molar-refractivity contribution is 6.17. The third-order valence-corrected chi connectivity index (χ3v) is 7.32. The zero-order valence-electron chi connectivity index (χ0n) is 21.4. The molecule has 1 spiro atoms. The molecule has 1 unspecified atom stereocenters. The number of hydrogen-bond donors (Lipinski definition) is 2. The van der Waals surface area contributed by atoms with Crippen LogP contribution in [-0.2, 0) is 21.7 Å². The van der Waals surface area contributed by atoms with Crippen molar-refractivity contribution in [3.63, 3.8) is 0 Å². The Hall–Kier alpha value is -4.81. The molecule has 9 nitrogen and oxygen atoms in total. The predicted molar refractivity (Wildman–Crippen MR) is 136 cm³/mol. The number of nitrogens with one attached hydrogen (secondary N) is 2. The number of pyridine rings is 1. The molecular formula is C28H22F4N4O5. The first-order chi connectivity index (χ1) is 19.3. The Labute approximate surface area is 229 Å². The average Bonchev–Trinajstić information content (AvgIpc) is 3.34. The van der Waals surface area contributed by atoms with E-state index in [9.17, 15) is 41.5 Å². The van der Waals surface area contributed by atoms with Crippen LogP contribution in [0, 0.1) is 5.82 Å². The molecule has 1 fully saturated rings. The van der Waals surface area contributed by atoms with E-state index in [0.717, 1.165) is 19.1 Å². The number of imide groups is 1. The van der Waals surface area contributed by atoms with Crippen molar-refractivity contribution in [1.29, 1.82) is 0 Å². The molecule has 2 N–H and O–H groups in total. The van der Waals surface area contributed by atoms with Gasteiger partial charge < -0.3 is 15.2 Å². The van der Waals surface area contributed by atoms with E-state index >= 15 is 0 Å². The van der Waals surface area contributed by atoms with Gasteiger partial charge >= 0.3 is 12.2 Å². The number of carbonyl (C=O) groups excluding carboxylic acids is 4. The SMILES string of the molecule is C[C@H](N(Cc1ccc(F)cc1)C(=O)CN1C(=O)NC2(CC(=O)c3cc(-c4ccc(=O)[nH]c4)ccc32)C1=O)C(F)(F)F. The summed E-state index contributed by atoms with van der Waals surface area (Å²) >= 11 is 0. The fraction of sp³-hybridized carbons (Fsp3) is 0.250. The summed E-state index contributed by atoms with van der Waals surface area (Å²) in [6, 6.07) is 8.65. The van der Waals surface area contributed by atoms with Crippen molar-refractivity contribution in [1.82, 2.24) is 20.1 Å². The summed E-state index contributed by atoms with van der Waals surface area (Å²) in [6.45, 7) is -0.795. The molecule has 41 heavy (non-hydrogen) atoms. The van der Waals surface area contributed by atoms with E-state index in [1.54, 1.807) is 12.1 Å². The number of rotatable bonds is 6. The fourth-order valence-electron chi connectivity index (χ4n) is 5.05. The van der Waals surface area contributed by atoms with E-state index in [1.165, 1.54) is 36.5 Å². The van der Waals surface area contributed by atoms with Gasteiger partial charge in [0.2, 0.25) is 11.5 Å². The minimum atomic E-state index is -4.82. The van der Waals surface area contributed by atoms with E-state index in [0.29, 0.717) is 20.9 Å². The van der Waals surface area contributed by atoms with Crippen LogP contribution in [-0.4, -0.2) is 57.2 Å². The third-order valence-electron chi connectivity index (χ3n) is 7.32. The molecule has 0 saturated carbocycles. The Balaban J connectivity index is 1.42. The van der Waals surface area contributed by atoms with Crippen LogP contribution in [0.2, 0.25) is 0 Å². The zero-order valence-corrected chi connectivity index (χ0v) is 21.4. The molecule has 2 aromatic carbocycles. The first-order valence-electron chi connectivity index (χ1n) is 12.4. The Morgan fingerprint density at radius 1 is 1.02 bits per heavy atom. The minimum absolute atomic E-state index is 0.152. The molecule has 0 bridgehead atoms. The highest BCUT2D eigenvalue weighted by Gasteiger charge is 2.58. The highest BCUT2D eigenvalue weighted by atomic mass is 19.4. The van der Waals surface area contributed by atoms with Gasteiger partial charge in [0.15, 0.2) is 11.3 Å². The third kappa shape index (κ3) is 4.98. The Morgan fingerprint density at radius 3 is 2.34 bits per heavy atom. The molecule has 1 saturated heterocycles. The highest BCUT2D eigenvalue weighted by Crippen LogP contribution is 2.42. The molecular weight excluding hydrogens is 548 g/mol. The molecule has 13 heteroatoms. The van der Waals surface area contributed by atoms with E-state index in [2.05, 4.69) is 10.3 Å². The number of fused-ring (bicyclic) bond motifs is 2. The summed E-state index contributed by atoms with van der Waals surface area (Å²) in [5, 5.41) is 2.48. The van der Waals surface area contributed by atoms with E-state index in [-0.39, 0.29) is 22.2 Å². The summed E-state index contributed by atoms with van der Waals surface area (Å²) in [7, 11) is 0. The molecule has 4 amide bonds. The quantitative estimate of drug-likeness (QED) is 0.348. The van der Waals surface area contributed by atoms with Crippen LogP contribution >= 0.6 is 0 Å². The van der Waals surface area contributed by atoms with Crippen LogP contribution in [0.4, 0.5) is 22.4 Å². The van der Waals surface area contributed by atoms with Crippen LogP contribution in [0.5, 0.6) is 0 Å². The smallest absolute Gasteiger partial charge is 0.328 e.